The first-order valence-corrected chi connectivity index (χ1v) is 12.4. The Labute approximate surface area is 242 Å². The van der Waals surface area contributed by atoms with Crippen LogP contribution in [-0.4, -0.2) is 72.1 Å². The van der Waals surface area contributed by atoms with E-state index in [-0.39, 0.29) is 29.2 Å². The Balaban J connectivity index is 1.95. The lowest BCUT2D eigenvalue weighted by Gasteiger charge is -2.26. The summed E-state index contributed by atoms with van der Waals surface area (Å²) >= 11 is 5.94. The zero-order chi connectivity index (χ0) is 32.1. The van der Waals surface area contributed by atoms with Crippen molar-refractivity contribution in [3.63, 3.8) is 0 Å². The number of aromatic nitrogens is 3. The first-order valence-electron chi connectivity index (χ1n) is 13.6. The summed E-state index contributed by atoms with van der Waals surface area (Å²) in [6.07, 6.45) is 2.35. The van der Waals surface area contributed by atoms with Gasteiger partial charge in [-0.2, -0.15) is 4.98 Å². The molecule has 0 saturated heterocycles. The third kappa shape index (κ3) is 7.78. The summed E-state index contributed by atoms with van der Waals surface area (Å²) < 4.78 is 42.6. The normalized spacial score (nSPS) is 12.7. The fraction of sp³-hybridized carbons (Fsp3) is 0.333. The van der Waals surface area contributed by atoms with E-state index in [4.69, 9.17) is 20.5 Å². The average molecular weight is 576 g/mol. The Bertz CT molecular complexity index is 1490. The number of benzene rings is 2. The number of hydrogen-bond acceptors (Lipinski definition) is 10. The van der Waals surface area contributed by atoms with Crippen LogP contribution in [-0.2, 0) is 10.4 Å². The Morgan fingerprint density at radius 1 is 1.18 bits per heavy atom. The Morgan fingerprint density at radius 3 is 2.45 bits per heavy atom. The summed E-state index contributed by atoms with van der Waals surface area (Å²) in [6, 6.07) is 5.73. The van der Waals surface area contributed by atoms with Gasteiger partial charge in [-0.25, -0.2) is 14.4 Å². The molecule has 0 unspecified atom stereocenters. The molecule has 13 heteroatoms. The van der Waals surface area contributed by atoms with Gasteiger partial charge in [0.25, 0.3) is 0 Å². The lowest BCUT2D eigenvalue weighted by atomic mass is 9.96. The zero-order valence-corrected chi connectivity index (χ0v) is 23.6. The molecule has 4 N–H and O–H groups in total. The van der Waals surface area contributed by atoms with Crippen LogP contribution < -0.4 is 25.6 Å². The largest absolute Gasteiger partial charge is 0.494 e. The van der Waals surface area contributed by atoms with Crippen molar-refractivity contribution >= 4 is 52.2 Å². The third-order valence-corrected chi connectivity index (χ3v) is 6.02. The molecule has 11 nitrogen and oxygen atoms in total. The van der Waals surface area contributed by atoms with E-state index in [0.717, 1.165) is 12.1 Å². The van der Waals surface area contributed by atoms with Crippen LogP contribution in [0.2, 0.25) is 5.02 Å². The van der Waals surface area contributed by atoms with Crippen molar-refractivity contribution in [1.29, 1.82) is 0 Å². The minimum Gasteiger partial charge on any atom is -0.494 e. The lowest BCUT2D eigenvalue weighted by molar-refractivity contribution is -0.111. The number of nitrogens with one attached hydrogen (secondary N) is 3. The van der Waals surface area contributed by atoms with Crippen LogP contribution in [0.3, 0.4) is 0 Å². The second-order valence-corrected chi connectivity index (χ2v) is 9.77. The zero-order valence-electron chi connectivity index (χ0n) is 25.8. The first-order chi connectivity index (χ1) is 20.0. The maximum atomic E-state index is 14.3. The molecule has 0 fully saturated rings. The molecule has 0 aliphatic heterocycles. The Kier molecular flexibility index (Phi) is 8.46. The summed E-state index contributed by atoms with van der Waals surface area (Å²) in [5, 5.41) is 19.1. The summed E-state index contributed by atoms with van der Waals surface area (Å²) in [5.41, 5.74) is 0.484. The number of nitrogens with zero attached hydrogens (tertiary/aromatic N) is 5. The number of amides is 1. The van der Waals surface area contributed by atoms with Gasteiger partial charge in [0, 0.05) is 41.6 Å². The Morgan fingerprint density at radius 2 is 1.85 bits per heavy atom. The SMILES string of the molecule is [2H]C([2H])([2H])N(C)CCN(C)c1cc(OC)c(Nc2ncnc(Nc3cc(F)c(Cl)cc3C(C)(C)O)n2)cc1NC(=O)C=C. The molecule has 0 aliphatic rings. The number of ether oxygens (including phenoxy) is 1. The first kappa shape index (κ1) is 26.2. The van der Waals surface area contributed by atoms with Crippen molar-refractivity contribution in [3.05, 3.63) is 59.7 Å². The summed E-state index contributed by atoms with van der Waals surface area (Å²) in [7, 11) is 4.72. The van der Waals surface area contributed by atoms with Crippen molar-refractivity contribution in [2.75, 3.05) is 62.1 Å². The van der Waals surface area contributed by atoms with Crippen molar-refractivity contribution in [2.24, 2.45) is 0 Å². The van der Waals surface area contributed by atoms with E-state index < -0.39 is 24.3 Å². The van der Waals surface area contributed by atoms with Gasteiger partial charge in [-0.15, -0.1) is 0 Å². The van der Waals surface area contributed by atoms with Gasteiger partial charge in [0.05, 0.1) is 34.8 Å². The fourth-order valence-corrected chi connectivity index (χ4v) is 3.83. The van der Waals surface area contributed by atoms with Crippen molar-refractivity contribution in [2.45, 2.75) is 19.4 Å². The van der Waals surface area contributed by atoms with Gasteiger partial charge in [-0.3, -0.25) is 4.79 Å². The standard InChI is InChI=1S/C27H34ClFN8O3/c1-8-24(38)32-20-13-21(23(40-7)14-22(20)37(6)10-9-36(4)5)34-26-31-15-30-25(35-26)33-19-12-18(29)17(28)11-16(19)27(2,3)39/h8,11-15,39H,1,9-10H2,2-7H3,(H,32,38)(H2,30,31,33,34,35)/i4D3. The van der Waals surface area contributed by atoms with E-state index in [2.05, 4.69) is 37.5 Å². The molecule has 0 aliphatic carbocycles. The van der Waals surface area contributed by atoms with Crippen molar-refractivity contribution < 1.29 is 23.1 Å². The summed E-state index contributed by atoms with van der Waals surface area (Å²) in [6.45, 7) is 4.86. The molecule has 1 amide bonds. The number of anilines is 6. The molecule has 1 heterocycles. The molecule has 0 saturated carbocycles. The average Bonchev–Trinajstić information content (AvgIpc) is 2.92. The Hall–Kier alpha value is -4.00. The van der Waals surface area contributed by atoms with E-state index >= 15 is 0 Å². The van der Waals surface area contributed by atoms with Crippen LogP contribution >= 0.6 is 11.6 Å². The number of hydrogen-bond donors (Lipinski definition) is 4. The number of carbonyl (C=O) groups excluding carboxylic acids is 1. The molecule has 3 rings (SSSR count). The highest BCUT2D eigenvalue weighted by molar-refractivity contribution is 6.30. The fourth-order valence-electron chi connectivity index (χ4n) is 3.67. The van der Waals surface area contributed by atoms with Gasteiger partial charge >= 0.3 is 0 Å². The number of rotatable bonds is 12. The minimum absolute atomic E-state index is 0.0404. The number of likely N-dealkylation sites (N-methyl/N-ethyl adjacent to an activating group) is 2. The molecular weight excluding hydrogens is 539 g/mol. The molecule has 214 valence electrons. The number of methoxy groups -OCH3 is 1. The van der Waals surface area contributed by atoms with Gasteiger partial charge in [-0.05, 0) is 52.1 Å². The van der Waals surface area contributed by atoms with Crippen LogP contribution in [0.25, 0.3) is 0 Å². The minimum atomic E-state index is -2.25. The van der Waals surface area contributed by atoms with E-state index in [1.54, 1.807) is 24.1 Å². The van der Waals surface area contributed by atoms with E-state index in [1.165, 1.54) is 45.3 Å². The van der Waals surface area contributed by atoms with Crippen LogP contribution in [0.4, 0.5) is 39.0 Å². The molecule has 40 heavy (non-hydrogen) atoms. The molecule has 0 spiro atoms. The molecule has 3 aromatic rings. The second kappa shape index (κ2) is 12.9. The predicted octanol–water partition coefficient (Wildman–Crippen LogP) is 4.51. The maximum Gasteiger partial charge on any atom is 0.247 e. The van der Waals surface area contributed by atoms with Crippen molar-refractivity contribution in [1.82, 2.24) is 19.9 Å². The number of halogens is 2. The maximum absolute atomic E-state index is 14.3. The van der Waals surface area contributed by atoms with Crippen LogP contribution in [0.5, 0.6) is 5.75 Å². The van der Waals surface area contributed by atoms with Crippen LogP contribution in [0.1, 0.15) is 23.5 Å². The second-order valence-electron chi connectivity index (χ2n) is 9.36. The molecule has 0 radical (unpaired) electrons. The monoisotopic (exact) mass is 575 g/mol. The number of aliphatic hydroxyl groups is 1. The van der Waals surface area contributed by atoms with Gasteiger partial charge in [-0.1, -0.05) is 18.2 Å². The lowest BCUT2D eigenvalue weighted by Crippen LogP contribution is -2.29. The highest BCUT2D eigenvalue weighted by Crippen LogP contribution is 2.38. The molecule has 1 aromatic heterocycles. The van der Waals surface area contributed by atoms with E-state index in [9.17, 15) is 14.3 Å². The summed E-state index contributed by atoms with van der Waals surface area (Å²) in [4.78, 5) is 27.9. The molecule has 0 bridgehead atoms. The smallest absolute Gasteiger partial charge is 0.247 e. The quantitative estimate of drug-likeness (QED) is 0.229. The van der Waals surface area contributed by atoms with Crippen molar-refractivity contribution in [3.8, 4) is 5.75 Å². The highest BCUT2D eigenvalue weighted by atomic mass is 35.5. The van der Waals surface area contributed by atoms with Gasteiger partial charge in [0.15, 0.2) is 0 Å². The van der Waals surface area contributed by atoms with E-state index in [1.807, 2.05) is 0 Å². The third-order valence-electron chi connectivity index (χ3n) is 5.73. The highest BCUT2D eigenvalue weighted by Gasteiger charge is 2.23. The predicted molar refractivity (Wildman–Crippen MR) is 157 cm³/mol. The van der Waals surface area contributed by atoms with Gasteiger partial charge < -0.3 is 35.6 Å². The van der Waals surface area contributed by atoms with E-state index in [0.29, 0.717) is 34.9 Å². The molecule has 2 aromatic carbocycles. The molecule has 0 atom stereocenters. The van der Waals surface area contributed by atoms with Gasteiger partial charge in [0.2, 0.25) is 17.8 Å². The van der Waals surface area contributed by atoms with Gasteiger partial charge in [0.1, 0.15) is 17.9 Å². The topological polar surface area (TPSA) is 128 Å². The summed E-state index contributed by atoms with van der Waals surface area (Å²) in [5.74, 6) is -0.676. The van der Waals surface area contributed by atoms with Crippen LogP contribution in [0, 0.1) is 5.82 Å². The molecular formula is C27H34ClFN8O3. The number of carbonyl (C=O) groups is 1. The van der Waals surface area contributed by atoms with Crippen LogP contribution in [0.15, 0.2) is 43.2 Å².